The van der Waals surface area contributed by atoms with Crippen molar-refractivity contribution >= 4 is 0 Å². The molecule has 0 saturated heterocycles. The van der Waals surface area contributed by atoms with E-state index in [1.54, 1.807) is 0 Å². The Kier molecular flexibility index (Phi) is 8.78. The number of aliphatic hydroxyl groups excluding tert-OH is 1. The highest BCUT2D eigenvalue weighted by Gasteiger charge is 2.21. The van der Waals surface area contributed by atoms with Gasteiger partial charge in [-0.15, -0.1) is 0 Å². The van der Waals surface area contributed by atoms with Gasteiger partial charge in [0, 0.05) is 19.7 Å². The second-order valence-electron chi connectivity index (χ2n) is 5.42. The molecule has 4 nitrogen and oxygen atoms in total. The van der Waals surface area contributed by atoms with Crippen molar-refractivity contribution in [1.29, 1.82) is 0 Å². The Balaban J connectivity index is 4.13. The Bertz CT molecular complexity index is 186. The number of nitrogens with two attached hydrogens (primary N) is 1. The second-order valence-corrected chi connectivity index (χ2v) is 5.42. The molecular formula is C13H30N2O2. The molecule has 104 valence electrons. The van der Waals surface area contributed by atoms with Crippen molar-refractivity contribution in [2.24, 2.45) is 11.1 Å². The van der Waals surface area contributed by atoms with Gasteiger partial charge in [-0.1, -0.05) is 20.8 Å². The van der Waals surface area contributed by atoms with Crippen LogP contribution in [0.5, 0.6) is 0 Å². The van der Waals surface area contributed by atoms with Crippen LogP contribution in [0.3, 0.4) is 0 Å². The summed E-state index contributed by atoms with van der Waals surface area (Å²) in [5.74, 6) is 0. The summed E-state index contributed by atoms with van der Waals surface area (Å²) in [6.07, 6.45) is 0.678. The summed E-state index contributed by atoms with van der Waals surface area (Å²) in [5.41, 5.74) is 5.85. The van der Waals surface area contributed by atoms with E-state index in [2.05, 4.69) is 25.7 Å². The van der Waals surface area contributed by atoms with Crippen LogP contribution in [0.1, 0.15) is 34.1 Å². The molecule has 17 heavy (non-hydrogen) atoms. The lowest BCUT2D eigenvalue weighted by Crippen LogP contribution is -2.43. The van der Waals surface area contributed by atoms with Gasteiger partial charge in [-0.3, -0.25) is 0 Å². The average molecular weight is 246 g/mol. The molecule has 0 aromatic carbocycles. The Labute approximate surface area is 106 Å². The maximum atomic E-state index is 9.85. The molecule has 1 unspecified atom stereocenters. The Morgan fingerprint density at radius 3 is 2.47 bits per heavy atom. The van der Waals surface area contributed by atoms with Crippen molar-refractivity contribution in [3.05, 3.63) is 0 Å². The number of hydrogen-bond acceptors (Lipinski definition) is 4. The van der Waals surface area contributed by atoms with Crippen LogP contribution in [-0.4, -0.2) is 55.5 Å². The maximum absolute atomic E-state index is 9.85. The zero-order chi connectivity index (χ0) is 13.3. The summed E-state index contributed by atoms with van der Waals surface area (Å²) in [7, 11) is 0. The molecule has 1 atom stereocenters. The van der Waals surface area contributed by atoms with Crippen LogP contribution in [-0.2, 0) is 4.74 Å². The maximum Gasteiger partial charge on any atom is 0.0900 e. The van der Waals surface area contributed by atoms with Crippen LogP contribution in [0.2, 0.25) is 0 Å². The van der Waals surface area contributed by atoms with Gasteiger partial charge >= 0.3 is 0 Å². The lowest BCUT2D eigenvalue weighted by molar-refractivity contribution is 0.0148. The molecule has 0 aliphatic carbocycles. The standard InChI is InChI=1S/C13H30N2O2/c1-5-7-15(11-13(3,4)10-14)8-12(16)9-17-6-2/h12,16H,5-11,14H2,1-4H3. The molecule has 0 spiro atoms. The number of hydrogen-bond donors (Lipinski definition) is 2. The molecule has 0 aliphatic rings. The fraction of sp³-hybridized carbons (Fsp3) is 1.00. The van der Waals surface area contributed by atoms with Crippen molar-refractivity contribution in [2.45, 2.75) is 40.2 Å². The first-order valence-electron chi connectivity index (χ1n) is 6.63. The van der Waals surface area contributed by atoms with Crippen LogP contribution < -0.4 is 5.73 Å². The first-order chi connectivity index (χ1) is 7.95. The summed E-state index contributed by atoms with van der Waals surface area (Å²) in [5, 5.41) is 9.85. The Hall–Kier alpha value is -0.160. The van der Waals surface area contributed by atoms with Crippen molar-refractivity contribution in [2.75, 3.05) is 39.4 Å². The first-order valence-corrected chi connectivity index (χ1v) is 6.63. The van der Waals surface area contributed by atoms with E-state index in [-0.39, 0.29) is 5.41 Å². The molecule has 4 heteroatoms. The minimum Gasteiger partial charge on any atom is -0.389 e. The highest BCUT2D eigenvalue weighted by Crippen LogP contribution is 2.15. The summed E-state index contributed by atoms with van der Waals surface area (Å²) in [4.78, 5) is 2.27. The second kappa shape index (κ2) is 8.86. The van der Waals surface area contributed by atoms with E-state index < -0.39 is 6.10 Å². The van der Waals surface area contributed by atoms with E-state index in [0.717, 1.165) is 19.5 Å². The van der Waals surface area contributed by atoms with Gasteiger partial charge in [-0.05, 0) is 31.8 Å². The molecule has 3 N–H and O–H groups in total. The molecule has 0 heterocycles. The van der Waals surface area contributed by atoms with Crippen LogP contribution >= 0.6 is 0 Å². The van der Waals surface area contributed by atoms with Gasteiger partial charge in [0.05, 0.1) is 12.7 Å². The third kappa shape index (κ3) is 8.55. The SMILES string of the molecule is CCCN(CC(O)COCC)CC(C)(C)CN. The van der Waals surface area contributed by atoms with Crippen LogP contribution in [0.15, 0.2) is 0 Å². The third-order valence-electron chi connectivity index (χ3n) is 2.73. The number of rotatable bonds is 10. The van der Waals surface area contributed by atoms with Gasteiger partial charge in [0.1, 0.15) is 0 Å². The lowest BCUT2D eigenvalue weighted by atomic mass is 9.93. The number of nitrogens with zero attached hydrogens (tertiary/aromatic N) is 1. The highest BCUT2D eigenvalue weighted by atomic mass is 16.5. The fourth-order valence-electron chi connectivity index (χ4n) is 1.83. The van der Waals surface area contributed by atoms with Crippen LogP contribution in [0, 0.1) is 5.41 Å². The number of ether oxygens (including phenoxy) is 1. The Morgan fingerprint density at radius 2 is 2.00 bits per heavy atom. The van der Waals surface area contributed by atoms with E-state index in [1.807, 2.05) is 6.92 Å². The van der Waals surface area contributed by atoms with Gasteiger partial charge in [0.2, 0.25) is 0 Å². The molecule has 0 bridgehead atoms. The van der Waals surface area contributed by atoms with Gasteiger partial charge < -0.3 is 20.5 Å². The molecule has 0 rings (SSSR count). The largest absolute Gasteiger partial charge is 0.389 e. The van der Waals surface area contributed by atoms with Crippen LogP contribution in [0.4, 0.5) is 0 Å². The summed E-state index contributed by atoms with van der Waals surface area (Å²) >= 11 is 0. The van der Waals surface area contributed by atoms with E-state index in [9.17, 15) is 5.11 Å². The summed E-state index contributed by atoms with van der Waals surface area (Å²) in [6, 6.07) is 0. The van der Waals surface area contributed by atoms with Gasteiger partial charge in [-0.25, -0.2) is 0 Å². The minimum atomic E-state index is -0.407. The molecular weight excluding hydrogens is 216 g/mol. The van der Waals surface area contributed by atoms with E-state index in [4.69, 9.17) is 10.5 Å². The van der Waals surface area contributed by atoms with E-state index >= 15 is 0 Å². The third-order valence-corrected chi connectivity index (χ3v) is 2.73. The smallest absolute Gasteiger partial charge is 0.0900 e. The summed E-state index contributed by atoms with van der Waals surface area (Å²) in [6.45, 7) is 12.7. The topological polar surface area (TPSA) is 58.7 Å². The fourth-order valence-corrected chi connectivity index (χ4v) is 1.83. The van der Waals surface area contributed by atoms with Gasteiger partial charge in [-0.2, -0.15) is 0 Å². The van der Waals surface area contributed by atoms with E-state index in [1.165, 1.54) is 0 Å². The molecule has 0 aromatic heterocycles. The average Bonchev–Trinajstić information content (AvgIpc) is 2.26. The first kappa shape index (κ1) is 16.8. The monoisotopic (exact) mass is 246 g/mol. The highest BCUT2D eigenvalue weighted by molar-refractivity contribution is 4.76. The molecule has 0 fully saturated rings. The zero-order valence-electron chi connectivity index (χ0n) is 11.9. The zero-order valence-corrected chi connectivity index (χ0v) is 11.9. The predicted octanol–water partition coefficient (Wildman–Crippen LogP) is 1.08. The van der Waals surface area contributed by atoms with Crippen molar-refractivity contribution in [1.82, 2.24) is 4.90 Å². The molecule has 0 radical (unpaired) electrons. The van der Waals surface area contributed by atoms with Crippen molar-refractivity contribution < 1.29 is 9.84 Å². The molecule has 0 aliphatic heterocycles. The van der Waals surface area contributed by atoms with Gasteiger partial charge in [0.15, 0.2) is 0 Å². The van der Waals surface area contributed by atoms with E-state index in [0.29, 0.717) is 26.3 Å². The molecule has 0 aromatic rings. The Morgan fingerprint density at radius 1 is 1.35 bits per heavy atom. The van der Waals surface area contributed by atoms with Crippen molar-refractivity contribution in [3.8, 4) is 0 Å². The lowest BCUT2D eigenvalue weighted by Gasteiger charge is -2.32. The quantitative estimate of drug-likeness (QED) is 0.605. The molecule has 0 amide bonds. The van der Waals surface area contributed by atoms with Crippen molar-refractivity contribution in [3.63, 3.8) is 0 Å². The predicted molar refractivity (Wildman–Crippen MR) is 72.1 cm³/mol. The van der Waals surface area contributed by atoms with Gasteiger partial charge in [0.25, 0.3) is 0 Å². The van der Waals surface area contributed by atoms with Crippen LogP contribution in [0.25, 0.3) is 0 Å². The number of aliphatic hydroxyl groups is 1. The normalized spacial score (nSPS) is 14.3. The summed E-state index contributed by atoms with van der Waals surface area (Å²) < 4.78 is 5.23. The minimum absolute atomic E-state index is 0.0977. The molecule has 0 saturated carbocycles.